The lowest BCUT2D eigenvalue weighted by Crippen LogP contribution is -2.12. The quantitative estimate of drug-likeness (QED) is 0.121. The minimum Gasteiger partial charge on any atom is -0.310 e. The lowest BCUT2D eigenvalue weighted by atomic mass is 10.0. The SMILES string of the molecule is Cc1ccc(N(c2ccc(C)cc2)c2ccc3cc(N(c4ccc(C)cc4)c4ccc(C)cc4)ccc3c2)cc1.c1ccc2c(N(c3ccc4cc(N(c5cccc6ccccc56)c5cccc6ccccc56)ccc4c3)c3cccc4ccccc34)cccc2c1. The summed E-state index contributed by atoms with van der Waals surface area (Å²) in [5, 5.41) is 14.5. The molecular weight excluding hydrogens is 1110 g/mol. The van der Waals surface area contributed by atoms with Gasteiger partial charge in [0.25, 0.3) is 0 Å². The van der Waals surface area contributed by atoms with E-state index in [-0.39, 0.29) is 0 Å². The van der Waals surface area contributed by atoms with Gasteiger partial charge in [0.15, 0.2) is 0 Å². The summed E-state index contributed by atoms with van der Waals surface area (Å²) in [7, 11) is 0. The maximum absolute atomic E-state index is 2.43. The van der Waals surface area contributed by atoms with Gasteiger partial charge in [-0.1, -0.05) is 241 Å². The fraction of sp³-hybridized carbons (Fsp3) is 0.0455. The van der Waals surface area contributed by atoms with Crippen LogP contribution in [0.5, 0.6) is 0 Å². The molecule has 0 aliphatic rings. The summed E-state index contributed by atoms with van der Waals surface area (Å²) in [6, 6.07) is 123. The van der Waals surface area contributed by atoms with Gasteiger partial charge in [-0.15, -0.1) is 0 Å². The first-order chi connectivity index (χ1) is 45.2. The molecule has 16 aromatic rings. The molecule has 0 unspecified atom stereocenters. The summed E-state index contributed by atoms with van der Waals surface area (Å²) >= 11 is 0. The van der Waals surface area contributed by atoms with Crippen LogP contribution < -0.4 is 19.6 Å². The highest BCUT2D eigenvalue weighted by Crippen LogP contribution is 2.47. The number of aryl methyl sites for hydroxylation is 4. The molecule has 0 amide bonds. The Morgan fingerprint density at radius 1 is 0.152 bits per heavy atom. The maximum atomic E-state index is 2.43. The molecule has 0 aromatic heterocycles. The van der Waals surface area contributed by atoms with Gasteiger partial charge in [-0.3, -0.25) is 0 Å². The summed E-state index contributed by atoms with van der Waals surface area (Å²) in [5.41, 5.74) is 18.8. The Bertz CT molecular complexity index is 4740. The van der Waals surface area contributed by atoms with Crippen molar-refractivity contribution in [3.8, 4) is 0 Å². The van der Waals surface area contributed by atoms with Crippen molar-refractivity contribution in [2.75, 3.05) is 19.6 Å². The largest absolute Gasteiger partial charge is 0.310 e. The molecule has 92 heavy (non-hydrogen) atoms. The van der Waals surface area contributed by atoms with Crippen LogP contribution in [0.2, 0.25) is 0 Å². The highest BCUT2D eigenvalue weighted by molar-refractivity contribution is 6.08. The minimum absolute atomic E-state index is 1.12. The Morgan fingerprint density at radius 2 is 0.348 bits per heavy atom. The lowest BCUT2D eigenvalue weighted by Gasteiger charge is -2.29. The molecule has 440 valence electrons. The van der Waals surface area contributed by atoms with E-state index in [9.17, 15) is 0 Å². The van der Waals surface area contributed by atoms with Gasteiger partial charge < -0.3 is 19.6 Å². The van der Waals surface area contributed by atoms with Crippen LogP contribution in [-0.2, 0) is 0 Å². The molecular formula is C88H68N4. The van der Waals surface area contributed by atoms with Crippen LogP contribution >= 0.6 is 0 Å². The Morgan fingerprint density at radius 3 is 0.587 bits per heavy atom. The molecule has 16 rings (SSSR count). The minimum atomic E-state index is 1.12. The van der Waals surface area contributed by atoms with Crippen molar-refractivity contribution in [2.24, 2.45) is 0 Å². The second-order valence-corrected chi connectivity index (χ2v) is 24.1. The zero-order chi connectivity index (χ0) is 62.1. The van der Waals surface area contributed by atoms with Gasteiger partial charge in [-0.05, 0) is 192 Å². The number of rotatable bonds is 12. The number of benzene rings is 16. The average Bonchev–Trinajstić information content (AvgIpc) is 0.806. The summed E-state index contributed by atoms with van der Waals surface area (Å²) in [6.45, 7) is 8.52. The highest BCUT2D eigenvalue weighted by atomic mass is 15.2. The van der Waals surface area contributed by atoms with Gasteiger partial charge in [0.2, 0.25) is 0 Å². The molecule has 0 saturated carbocycles. The Balaban J connectivity index is 0.000000158. The molecule has 4 heteroatoms. The average molecular weight is 1180 g/mol. The van der Waals surface area contributed by atoms with Crippen LogP contribution in [0.3, 0.4) is 0 Å². The summed E-state index contributed by atoms with van der Waals surface area (Å²) in [5.74, 6) is 0. The molecule has 0 N–H and O–H groups in total. The van der Waals surface area contributed by atoms with Gasteiger partial charge in [0.05, 0.1) is 22.7 Å². The van der Waals surface area contributed by atoms with Crippen LogP contribution in [-0.4, -0.2) is 0 Å². The van der Waals surface area contributed by atoms with Gasteiger partial charge in [-0.25, -0.2) is 0 Å². The standard InChI is InChI=1S/C50H34N2.C38H34N2/c1-5-21-43-35(13-1)17-9-25-47(43)51(48-26-10-18-36-14-2-6-22-44(36)48)41-31-29-40-34-42(32-30-39(40)33-41)52(49-27-11-19-37-15-3-7-23-45(37)49)50-28-12-20-38-16-4-8-24-46(38)50;1-27-5-15-33(16-6-27)39(34-17-7-28(2)8-18-34)37-23-13-32-26-38(24-14-31(32)25-37)40(35-19-9-29(3)10-20-35)36-21-11-30(4)12-22-36/h1-34H;5-26H,1-4H3. The van der Waals surface area contributed by atoms with Gasteiger partial charge in [0, 0.05) is 67.0 Å². The molecule has 4 nitrogen and oxygen atoms in total. The van der Waals surface area contributed by atoms with Crippen LogP contribution in [0, 0.1) is 27.7 Å². The molecule has 0 atom stereocenters. The zero-order valence-corrected chi connectivity index (χ0v) is 52.1. The lowest BCUT2D eigenvalue weighted by molar-refractivity contribution is 1.27. The number of nitrogens with zero attached hydrogens (tertiary/aromatic N) is 4. The molecule has 0 heterocycles. The first kappa shape index (κ1) is 56.8. The highest BCUT2D eigenvalue weighted by Gasteiger charge is 2.22. The van der Waals surface area contributed by atoms with E-state index in [1.165, 1.54) is 86.9 Å². The molecule has 0 aliphatic heterocycles. The third kappa shape index (κ3) is 11.2. The summed E-state index contributed by atoms with van der Waals surface area (Å²) in [6.07, 6.45) is 0. The molecule has 16 aromatic carbocycles. The molecule has 0 radical (unpaired) electrons. The number of hydrogen-bond acceptors (Lipinski definition) is 4. The van der Waals surface area contributed by atoms with Crippen molar-refractivity contribution in [3.63, 3.8) is 0 Å². The predicted octanol–water partition coefficient (Wildman–Crippen LogP) is 25.4. The van der Waals surface area contributed by atoms with E-state index in [1.807, 2.05) is 0 Å². The fourth-order valence-electron chi connectivity index (χ4n) is 13.1. The first-order valence-electron chi connectivity index (χ1n) is 31.7. The molecule has 0 fully saturated rings. The van der Waals surface area contributed by atoms with E-state index in [0.717, 1.165) is 68.2 Å². The van der Waals surface area contributed by atoms with Crippen molar-refractivity contribution in [1.82, 2.24) is 0 Å². The van der Waals surface area contributed by atoms with Crippen LogP contribution in [0.4, 0.5) is 68.2 Å². The van der Waals surface area contributed by atoms with Gasteiger partial charge in [-0.2, -0.15) is 0 Å². The van der Waals surface area contributed by atoms with Crippen molar-refractivity contribution < 1.29 is 0 Å². The first-order valence-corrected chi connectivity index (χ1v) is 31.7. The van der Waals surface area contributed by atoms with Crippen molar-refractivity contribution >= 4 is 133 Å². The molecule has 0 aliphatic carbocycles. The smallest absolute Gasteiger partial charge is 0.0540 e. The maximum Gasteiger partial charge on any atom is 0.0540 e. The van der Waals surface area contributed by atoms with Crippen LogP contribution in [0.1, 0.15) is 22.3 Å². The topological polar surface area (TPSA) is 13.0 Å². The molecule has 0 saturated heterocycles. The van der Waals surface area contributed by atoms with Gasteiger partial charge in [0.1, 0.15) is 0 Å². The number of anilines is 12. The van der Waals surface area contributed by atoms with E-state index in [2.05, 4.69) is 387 Å². The normalized spacial score (nSPS) is 11.3. The predicted molar refractivity (Wildman–Crippen MR) is 396 cm³/mol. The van der Waals surface area contributed by atoms with Gasteiger partial charge >= 0.3 is 0 Å². The Labute approximate surface area is 539 Å². The Kier molecular flexibility index (Phi) is 15.2. The van der Waals surface area contributed by atoms with E-state index in [0.29, 0.717) is 0 Å². The Hall–Kier alpha value is -11.7. The van der Waals surface area contributed by atoms with E-state index < -0.39 is 0 Å². The van der Waals surface area contributed by atoms with Crippen LogP contribution in [0.25, 0.3) is 64.6 Å². The second-order valence-electron chi connectivity index (χ2n) is 24.1. The molecule has 0 bridgehead atoms. The summed E-state index contributed by atoms with van der Waals surface area (Å²) in [4.78, 5) is 9.52. The zero-order valence-electron chi connectivity index (χ0n) is 52.1. The van der Waals surface area contributed by atoms with Crippen molar-refractivity contribution in [2.45, 2.75) is 27.7 Å². The monoisotopic (exact) mass is 1180 g/mol. The summed E-state index contributed by atoms with van der Waals surface area (Å²) < 4.78 is 0. The second kappa shape index (κ2) is 24.7. The third-order valence-electron chi connectivity index (χ3n) is 17.8. The van der Waals surface area contributed by atoms with Crippen molar-refractivity contribution in [1.29, 1.82) is 0 Å². The molecule has 0 spiro atoms. The third-order valence-corrected chi connectivity index (χ3v) is 17.8. The van der Waals surface area contributed by atoms with E-state index >= 15 is 0 Å². The van der Waals surface area contributed by atoms with E-state index in [1.54, 1.807) is 0 Å². The van der Waals surface area contributed by atoms with Crippen molar-refractivity contribution in [3.05, 3.63) is 362 Å². The van der Waals surface area contributed by atoms with E-state index in [4.69, 9.17) is 0 Å². The number of hydrogen-bond donors (Lipinski definition) is 0. The number of fused-ring (bicyclic) bond motifs is 6. The fourth-order valence-corrected chi connectivity index (χ4v) is 13.1. The van der Waals surface area contributed by atoms with Crippen LogP contribution in [0.15, 0.2) is 340 Å².